The molecule has 0 fully saturated rings. The van der Waals surface area contributed by atoms with Gasteiger partial charge in [-0.15, -0.1) is 0 Å². The van der Waals surface area contributed by atoms with E-state index in [-0.39, 0.29) is 0 Å². The van der Waals surface area contributed by atoms with Crippen LogP contribution in [0.3, 0.4) is 0 Å². The molecular weight excluding hydrogens is 595 g/mol. The van der Waals surface area contributed by atoms with Crippen molar-refractivity contribution in [1.82, 2.24) is 0 Å². The van der Waals surface area contributed by atoms with E-state index in [0.717, 1.165) is 39.3 Å². The highest BCUT2D eigenvalue weighted by atomic mass is 32.2. The lowest BCUT2D eigenvalue weighted by Crippen LogP contribution is -2.36. The number of hydrogen-bond donors (Lipinski definition) is 0. The average Bonchev–Trinajstić information content (AvgIpc) is 3.55. The van der Waals surface area contributed by atoms with Gasteiger partial charge in [0.2, 0.25) is 9.84 Å². The van der Waals surface area contributed by atoms with Crippen LogP contribution in [0.2, 0.25) is 0 Å². The Morgan fingerprint density at radius 3 is 1.72 bits per heavy atom. The molecule has 0 aromatic heterocycles. The number of para-hydroxylation sites is 3. The summed E-state index contributed by atoms with van der Waals surface area (Å²) in [4.78, 5) is 3.14. The summed E-state index contributed by atoms with van der Waals surface area (Å²) in [5.41, 5.74) is 13.7. The van der Waals surface area contributed by atoms with Gasteiger partial charge in [-0.1, -0.05) is 121 Å². The Morgan fingerprint density at radius 1 is 0.426 bits per heavy atom. The molecule has 0 amide bonds. The van der Waals surface area contributed by atoms with Crippen LogP contribution in [0.1, 0.15) is 22.3 Å². The van der Waals surface area contributed by atoms with Crippen molar-refractivity contribution in [3.63, 3.8) is 0 Å². The number of benzene rings is 7. The third-order valence-corrected chi connectivity index (χ3v) is 12.1. The van der Waals surface area contributed by atoms with Crippen LogP contribution in [0.15, 0.2) is 174 Å². The average molecular weight is 622 g/mol. The van der Waals surface area contributed by atoms with E-state index in [9.17, 15) is 8.42 Å². The van der Waals surface area contributed by atoms with Gasteiger partial charge in [0.1, 0.15) is 0 Å². The van der Waals surface area contributed by atoms with Crippen molar-refractivity contribution in [2.45, 2.75) is 15.2 Å². The fraction of sp³-hybridized carbons (Fsp3) is 0.0233. The lowest BCUT2D eigenvalue weighted by atomic mass is 9.63. The Morgan fingerprint density at radius 2 is 0.979 bits per heavy atom. The molecule has 2 aliphatic heterocycles. The van der Waals surface area contributed by atoms with E-state index in [1.165, 1.54) is 33.4 Å². The number of anilines is 3. The fourth-order valence-electron chi connectivity index (χ4n) is 8.45. The van der Waals surface area contributed by atoms with Gasteiger partial charge in [-0.3, -0.25) is 0 Å². The highest BCUT2D eigenvalue weighted by molar-refractivity contribution is 7.92. The first-order valence-electron chi connectivity index (χ1n) is 15.9. The molecule has 222 valence electrons. The van der Waals surface area contributed by atoms with Crippen LogP contribution in [0.25, 0.3) is 33.4 Å². The lowest BCUT2D eigenvalue weighted by molar-refractivity contribution is 0.598. The predicted octanol–water partition coefficient (Wildman–Crippen LogP) is 10.3. The first kappa shape index (κ1) is 26.5. The molecule has 0 saturated carbocycles. The van der Waals surface area contributed by atoms with Crippen molar-refractivity contribution in [2.24, 2.45) is 0 Å². The van der Waals surface area contributed by atoms with Crippen molar-refractivity contribution in [1.29, 1.82) is 0 Å². The van der Waals surface area contributed by atoms with Crippen LogP contribution >= 0.6 is 0 Å². The molecule has 4 heteroatoms. The van der Waals surface area contributed by atoms with E-state index >= 15 is 0 Å². The van der Waals surface area contributed by atoms with Crippen molar-refractivity contribution in [3.8, 4) is 33.4 Å². The van der Waals surface area contributed by atoms with E-state index in [0.29, 0.717) is 9.79 Å². The lowest BCUT2D eigenvalue weighted by Gasteiger charge is -2.45. The maximum Gasteiger partial charge on any atom is 0.207 e. The topological polar surface area (TPSA) is 37.4 Å². The van der Waals surface area contributed by atoms with Crippen LogP contribution in [-0.4, -0.2) is 8.42 Å². The van der Waals surface area contributed by atoms with E-state index in [1.54, 1.807) is 18.2 Å². The van der Waals surface area contributed by atoms with Crippen LogP contribution < -0.4 is 4.90 Å². The van der Waals surface area contributed by atoms with Gasteiger partial charge in [0.25, 0.3) is 0 Å². The molecule has 10 rings (SSSR count). The van der Waals surface area contributed by atoms with Gasteiger partial charge in [-0.05, 0) is 87.0 Å². The predicted molar refractivity (Wildman–Crippen MR) is 188 cm³/mol. The standard InChI is InChI=1S/C43H27NO2S/c45-47(46)40-24-11-5-16-32(40)34-27-28(25-26-41(34)47)30-17-12-18-33-31-15-4-6-19-35(31)43(42(30)33)36-20-7-9-22-38(36)44(29-13-2-1-3-14-29)39-23-10-8-21-37(39)43/h1-27H. The molecule has 1 aliphatic carbocycles. The molecule has 3 nitrogen and oxygen atoms in total. The third kappa shape index (κ3) is 3.32. The van der Waals surface area contributed by atoms with Gasteiger partial charge in [0, 0.05) is 16.8 Å². The fourth-order valence-corrected chi connectivity index (χ4v) is 10.1. The summed E-state index contributed by atoms with van der Waals surface area (Å²) in [7, 11) is -3.56. The van der Waals surface area contributed by atoms with Gasteiger partial charge >= 0.3 is 0 Å². The maximum absolute atomic E-state index is 13.5. The molecule has 0 bridgehead atoms. The summed E-state index contributed by atoms with van der Waals surface area (Å²) in [5, 5.41) is 0. The highest BCUT2D eigenvalue weighted by Crippen LogP contribution is 2.65. The van der Waals surface area contributed by atoms with Gasteiger partial charge in [0.05, 0.1) is 26.6 Å². The van der Waals surface area contributed by atoms with Crippen molar-refractivity contribution >= 4 is 26.9 Å². The Bertz CT molecular complexity index is 2510. The Labute approximate surface area is 274 Å². The molecule has 2 heterocycles. The first-order valence-corrected chi connectivity index (χ1v) is 17.3. The van der Waals surface area contributed by atoms with Gasteiger partial charge in [0.15, 0.2) is 0 Å². The Hall–Kier alpha value is -5.71. The number of rotatable bonds is 2. The molecule has 3 aliphatic rings. The summed E-state index contributed by atoms with van der Waals surface area (Å²) in [6.07, 6.45) is 0. The van der Waals surface area contributed by atoms with E-state index < -0.39 is 15.3 Å². The second kappa shape index (κ2) is 9.41. The minimum Gasteiger partial charge on any atom is -0.310 e. The molecular formula is C43H27NO2S. The third-order valence-electron chi connectivity index (χ3n) is 10.2. The summed E-state index contributed by atoms with van der Waals surface area (Å²) in [6, 6.07) is 56.8. The van der Waals surface area contributed by atoms with Gasteiger partial charge in [-0.2, -0.15) is 0 Å². The normalized spacial score (nSPS) is 15.3. The summed E-state index contributed by atoms with van der Waals surface area (Å²) >= 11 is 0. The highest BCUT2D eigenvalue weighted by Gasteiger charge is 2.52. The quantitative estimate of drug-likeness (QED) is 0.193. The minimum absolute atomic E-state index is 0.375. The summed E-state index contributed by atoms with van der Waals surface area (Å²) < 4.78 is 27.0. The minimum atomic E-state index is -3.56. The molecule has 1 spiro atoms. The summed E-state index contributed by atoms with van der Waals surface area (Å²) in [6.45, 7) is 0. The zero-order valence-corrected chi connectivity index (χ0v) is 26.1. The number of nitrogens with zero attached hydrogens (tertiary/aromatic N) is 1. The van der Waals surface area contributed by atoms with Crippen molar-refractivity contribution in [3.05, 3.63) is 186 Å². The largest absolute Gasteiger partial charge is 0.310 e. The molecule has 0 unspecified atom stereocenters. The smallest absolute Gasteiger partial charge is 0.207 e. The number of sulfone groups is 1. The van der Waals surface area contributed by atoms with E-state index in [1.807, 2.05) is 18.2 Å². The molecule has 0 radical (unpaired) electrons. The van der Waals surface area contributed by atoms with Crippen LogP contribution in [-0.2, 0) is 15.3 Å². The summed E-state index contributed by atoms with van der Waals surface area (Å²) in [5.74, 6) is 0. The maximum atomic E-state index is 13.5. The Balaban J connectivity index is 1.32. The molecule has 0 atom stereocenters. The van der Waals surface area contributed by atoms with E-state index in [4.69, 9.17) is 0 Å². The number of hydrogen-bond acceptors (Lipinski definition) is 3. The molecule has 7 aromatic rings. The SMILES string of the molecule is O=S1(=O)c2ccccc2-c2cc(-c3cccc4c3C3(c5ccccc5-4)c4ccccc4N(c4ccccc4)c4ccccc43)ccc21. The van der Waals surface area contributed by atoms with Crippen molar-refractivity contribution < 1.29 is 8.42 Å². The second-order valence-electron chi connectivity index (χ2n) is 12.4. The molecule has 0 saturated heterocycles. The second-order valence-corrected chi connectivity index (χ2v) is 14.3. The zero-order chi connectivity index (χ0) is 31.3. The van der Waals surface area contributed by atoms with Crippen molar-refractivity contribution in [2.75, 3.05) is 4.90 Å². The van der Waals surface area contributed by atoms with Crippen LogP contribution in [0.4, 0.5) is 17.1 Å². The molecule has 0 N–H and O–H groups in total. The van der Waals surface area contributed by atoms with Gasteiger partial charge in [-0.25, -0.2) is 8.42 Å². The van der Waals surface area contributed by atoms with E-state index in [2.05, 4.69) is 132 Å². The Kier molecular flexibility index (Phi) is 5.31. The zero-order valence-electron chi connectivity index (χ0n) is 25.3. The number of fused-ring (bicyclic) bond motifs is 12. The first-order chi connectivity index (χ1) is 23.1. The molecule has 47 heavy (non-hydrogen) atoms. The molecule has 7 aromatic carbocycles. The monoisotopic (exact) mass is 621 g/mol. The van der Waals surface area contributed by atoms with Crippen LogP contribution in [0.5, 0.6) is 0 Å². The van der Waals surface area contributed by atoms with Crippen LogP contribution in [0, 0.1) is 0 Å². The van der Waals surface area contributed by atoms with Gasteiger partial charge < -0.3 is 4.90 Å².